The molecule has 1 fully saturated rings. The molecule has 1 unspecified atom stereocenters. The van der Waals surface area contributed by atoms with E-state index in [1.807, 2.05) is 37.3 Å². The Balaban J connectivity index is 1.71. The Labute approximate surface area is 145 Å². The average Bonchev–Trinajstić information content (AvgIpc) is 2.95. The van der Waals surface area contributed by atoms with Crippen LogP contribution in [0.5, 0.6) is 0 Å². The van der Waals surface area contributed by atoms with Gasteiger partial charge in [-0.25, -0.2) is 0 Å². The Morgan fingerprint density at radius 2 is 2.08 bits per heavy atom. The zero-order valence-corrected chi connectivity index (χ0v) is 14.1. The van der Waals surface area contributed by atoms with Crippen molar-refractivity contribution in [3.05, 3.63) is 53.3 Å². The number of morpholine rings is 1. The van der Waals surface area contributed by atoms with Crippen LogP contribution in [0.2, 0.25) is 0 Å². The third-order valence-corrected chi connectivity index (χ3v) is 4.34. The van der Waals surface area contributed by atoms with Crippen molar-refractivity contribution in [1.29, 1.82) is 0 Å². The van der Waals surface area contributed by atoms with Gasteiger partial charge in [0.05, 0.1) is 37.4 Å². The molecule has 25 heavy (non-hydrogen) atoms. The molecule has 0 bridgehead atoms. The van der Waals surface area contributed by atoms with Gasteiger partial charge in [-0.2, -0.15) is 5.10 Å². The number of aromatic nitrogens is 2. The minimum Gasteiger partial charge on any atom is -0.481 e. The van der Waals surface area contributed by atoms with Crippen molar-refractivity contribution in [3.8, 4) is 0 Å². The minimum atomic E-state index is -0.925. The normalized spacial score (nSPS) is 17.5. The SMILES string of the molecule is Cc1c(C(=O)N2CCOC(CC(=O)O)C2)cnn1Cc1ccccc1. The number of aliphatic carboxylic acids is 1. The molecule has 1 aromatic carbocycles. The van der Waals surface area contributed by atoms with Gasteiger partial charge in [0.25, 0.3) is 5.91 Å². The number of ether oxygens (including phenoxy) is 1. The van der Waals surface area contributed by atoms with Crippen molar-refractivity contribution in [3.63, 3.8) is 0 Å². The van der Waals surface area contributed by atoms with E-state index in [1.165, 1.54) is 0 Å². The Morgan fingerprint density at radius 3 is 2.80 bits per heavy atom. The van der Waals surface area contributed by atoms with Gasteiger partial charge in [0, 0.05) is 18.8 Å². The molecular formula is C18H21N3O4. The highest BCUT2D eigenvalue weighted by Gasteiger charge is 2.28. The highest BCUT2D eigenvalue weighted by atomic mass is 16.5. The highest BCUT2D eigenvalue weighted by Crippen LogP contribution is 2.16. The van der Waals surface area contributed by atoms with Gasteiger partial charge in [0.1, 0.15) is 0 Å². The van der Waals surface area contributed by atoms with Gasteiger partial charge in [-0.3, -0.25) is 14.3 Å². The molecule has 0 radical (unpaired) electrons. The predicted octanol–water partition coefficient (Wildman–Crippen LogP) is 1.56. The van der Waals surface area contributed by atoms with Crippen molar-refractivity contribution in [2.24, 2.45) is 0 Å². The van der Waals surface area contributed by atoms with E-state index in [4.69, 9.17) is 9.84 Å². The van der Waals surface area contributed by atoms with E-state index >= 15 is 0 Å². The minimum absolute atomic E-state index is 0.101. The second kappa shape index (κ2) is 7.48. The maximum absolute atomic E-state index is 12.8. The number of nitrogens with zero attached hydrogens (tertiary/aromatic N) is 3. The summed E-state index contributed by atoms with van der Waals surface area (Å²) in [6.07, 6.45) is 1.02. The summed E-state index contributed by atoms with van der Waals surface area (Å²) >= 11 is 0. The summed E-state index contributed by atoms with van der Waals surface area (Å²) in [6, 6.07) is 9.93. The third-order valence-electron chi connectivity index (χ3n) is 4.34. The van der Waals surface area contributed by atoms with Crippen molar-refractivity contribution in [1.82, 2.24) is 14.7 Å². The molecule has 1 atom stereocenters. The summed E-state index contributed by atoms with van der Waals surface area (Å²) < 4.78 is 7.23. The number of carbonyl (C=O) groups is 2. The molecule has 1 amide bonds. The number of benzene rings is 1. The van der Waals surface area contributed by atoms with Crippen LogP contribution in [-0.2, 0) is 16.1 Å². The summed E-state index contributed by atoms with van der Waals surface area (Å²) in [7, 11) is 0. The number of carboxylic acids is 1. The monoisotopic (exact) mass is 343 g/mol. The van der Waals surface area contributed by atoms with Crippen molar-refractivity contribution in [2.45, 2.75) is 26.0 Å². The fraction of sp³-hybridized carbons (Fsp3) is 0.389. The van der Waals surface area contributed by atoms with Gasteiger partial charge in [-0.15, -0.1) is 0 Å². The first-order valence-corrected chi connectivity index (χ1v) is 8.23. The van der Waals surface area contributed by atoms with E-state index in [1.54, 1.807) is 15.8 Å². The molecule has 1 aliphatic rings. The van der Waals surface area contributed by atoms with Crippen molar-refractivity contribution >= 4 is 11.9 Å². The average molecular weight is 343 g/mol. The Bertz CT molecular complexity index is 757. The fourth-order valence-corrected chi connectivity index (χ4v) is 2.96. The van der Waals surface area contributed by atoms with Gasteiger partial charge in [-0.05, 0) is 12.5 Å². The van der Waals surface area contributed by atoms with Crippen molar-refractivity contribution in [2.75, 3.05) is 19.7 Å². The summed E-state index contributed by atoms with van der Waals surface area (Å²) in [5.41, 5.74) is 2.46. The van der Waals surface area contributed by atoms with E-state index in [2.05, 4.69) is 5.10 Å². The predicted molar refractivity (Wildman–Crippen MR) is 90.4 cm³/mol. The van der Waals surface area contributed by atoms with Gasteiger partial charge in [0.15, 0.2) is 0 Å². The quantitative estimate of drug-likeness (QED) is 0.890. The number of amides is 1. The van der Waals surface area contributed by atoms with Gasteiger partial charge in [0.2, 0.25) is 0 Å². The number of carboxylic acid groups (broad SMARTS) is 1. The topological polar surface area (TPSA) is 84.7 Å². The molecule has 1 aromatic heterocycles. The van der Waals surface area contributed by atoms with Crippen LogP contribution in [0.15, 0.2) is 36.5 Å². The molecule has 132 valence electrons. The number of hydrogen-bond acceptors (Lipinski definition) is 4. The first-order valence-electron chi connectivity index (χ1n) is 8.23. The van der Waals surface area contributed by atoms with E-state index in [0.717, 1.165) is 11.3 Å². The summed E-state index contributed by atoms with van der Waals surface area (Å²) in [5, 5.41) is 13.2. The van der Waals surface area contributed by atoms with Gasteiger partial charge in [-0.1, -0.05) is 30.3 Å². The molecule has 1 saturated heterocycles. The molecule has 0 spiro atoms. The van der Waals surface area contributed by atoms with Crippen LogP contribution < -0.4 is 0 Å². The number of rotatable bonds is 5. The zero-order valence-electron chi connectivity index (χ0n) is 14.1. The molecule has 1 N–H and O–H groups in total. The largest absolute Gasteiger partial charge is 0.481 e. The molecule has 7 heteroatoms. The molecular weight excluding hydrogens is 322 g/mol. The Hall–Kier alpha value is -2.67. The van der Waals surface area contributed by atoms with Crippen LogP contribution in [0, 0.1) is 6.92 Å². The van der Waals surface area contributed by atoms with Crippen LogP contribution in [0.1, 0.15) is 28.0 Å². The fourth-order valence-electron chi connectivity index (χ4n) is 2.96. The van der Waals surface area contributed by atoms with Crippen molar-refractivity contribution < 1.29 is 19.4 Å². The maximum atomic E-state index is 12.8. The summed E-state index contributed by atoms with van der Waals surface area (Å²) in [5.74, 6) is -1.05. The second-order valence-corrected chi connectivity index (χ2v) is 6.13. The first kappa shape index (κ1) is 17.2. The molecule has 0 saturated carbocycles. The summed E-state index contributed by atoms with van der Waals surface area (Å²) in [4.78, 5) is 25.3. The van der Waals surface area contributed by atoms with E-state index in [9.17, 15) is 9.59 Å². The number of carbonyl (C=O) groups excluding carboxylic acids is 1. The smallest absolute Gasteiger partial charge is 0.306 e. The molecule has 3 rings (SSSR count). The van der Waals surface area contributed by atoms with Gasteiger partial charge < -0.3 is 14.7 Å². The molecule has 0 aliphatic carbocycles. The summed E-state index contributed by atoms with van der Waals surface area (Å²) in [6.45, 7) is 3.57. The molecule has 2 heterocycles. The Kier molecular flexibility index (Phi) is 5.14. The van der Waals surface area contributed by atoms with Crippen LogP contribution in [-0.4, -0.2) is 57.5 Å². The van der Waals surface area contributed by atoms with Crippen LogP contribution in [0.25, 0.3) is 0 Å². The molecule has 1 aliphatic heterocycles. The second-order valence-electron chi connectivity index (χ2n) is 6.13. The number of hydrogen-bond donors (Lipinski definition) is 1. The van der Waals surface area contributed by atoms with E-state index < -0.39 is 12.1 Å². The van der Waals surface area contributed by atoms with Crippen LogP contribution >= 0.6 is 0 Å². The lowest BCUT2D eigenvalue weighted by Crippen LogP contribution is -2.46. The van der Waals surface area contributed by atoms with Crippen LogP contribution in [0.4, 0.5) is 0 Å². The highest BCUT2D eigenvalue weighted by molar-refractivity contribution is 5.95. The molecule has 7 nitrogen and oxygen atoms in total. The first-order chi connectivity index (χ1) is 12.0. The lowest BCUT2D eigenvalue weighted by Gasteiger charge is -2.32. The lowest BCUT2D eigenvalue weighted by atomic mass is 10.1. The standard InChI is InChI=1S/C18H21N3O4/c1-13-16(10-19-21(13)11-14-5-3-2-4-6-14)18(24)20-7-8-25-15(12-20)9-17(22)23/h2-6,10,15H,7-9,11-12H2,1H3,(H,22,23). The van der Waals surface area contributed by atoms with E-state index in [0.29, 0.717) is 25.3 Å². The Morgan fingerprint density at radius 1 is 1.32 bits per heavy atom. The maximum Gasteiger partial charge on any atom is 0.306 e. The van der Waals surface area contributed by atoms with Gasteiger partial charge >= 0.3 is 5.97 Å². The molecule has 2 aromatic rings. The van der Waals surface area contributed by atoms with Crippen LogP contribution in [0.3, 0.4) is 0 Å². The zero-order chi connectivity index (χ0) is 17.8. The van der Waals surface area contributed by atoms with E-state index in [-0.39, 0.29) is 18.9 Å². The third kappa shape index (κ3) is 4.06. The lowest BCUT2D eigenvalue weighted by molar-refractivity contribution is -0.141.